The Bertz CT molecular complexity index is 2540. The monoisotopic (exact) mass is 845 g/mol. The number of likely N-dealkylation sites (tertiary alicyclic amines) is 2. The van der Waals surface area contributed by atoms with Crippen LogP contribution in [0.15, 0.2) is 54.9 Å². The van der Waals surface area contributed by atoms with Crippen molar-refractivity contribution in [1.82, 2.24) is 44.9 Å². The van der Waals surface area contributed by atoms with E-state index in [0.29, 0.717) is 12.4 Å². The van der Waals surface area contributed by atoms with Gasteiger partial charge in [0.25, 0.3) is 0 Å². The summed E-state index contributed by atoms with van der Waals surface area (Å²) in [7, 11) is 2.60. The van der Waals surface area contributed by atoms with Crippen molar-refractivity contribution in [2.75, 3.05) is 20.8 Å². The molecule has 4 aliphatic rings. The molecule has 1 saturated carbocycles. The van der Waals surface area contributed by atoms with Crippen LogP contribution in [0.5, 0.6) is 5.75 Å². The lowest BCUT2D eigenvalue weighted by molar-refractivity contribution is -0.139. The number of hydrogen-bond acceptors (Lipinski definition) is 9. The van der Waals surface area contributed by atoms with Gasteiger partial charge in [0.05, 0.1) is 61.3 Å². The van der Waals surface area contributed by atoms with Crippen molar-refractivity contribution in [3.8, 4) is 39.5 Å². The number of nitrogens with one attached hydrogen (secondary N) is 4. The average Bonchev–Trinajstić information content (AvgIpc) is 4.12. The van der Waals surface area contributed by atoms with Crippen molar-refractivity contribution in [3.05, 3.63) is 66.5 Å². The Morgan fingerprint density at radius 2 is 1.45 bits per heavy atom. The molecule has 4 amide bonds. The Balaban J connectivity index is 0.950. The summed E-state index contributed by atoms with van der Waals surface area (Å²) >= 11 is 0. The summed E-state index contributed by atoms with van der Waals surface area (Å²) in [5.74, 6) is 2.03. The fraction of sp³-hybridized carbons (Fsp3) is 0.478. The maximum absolute atomic E-state index is 14.1. The fourth-order valence-corrected chi connectivity index (χ4v) is 10.2. The smallest absolute Gasteiger partial charge is 0.407 e. The van der Waals surface area contributed by atoms with Crippen LogP contribution in [0.4, 0.5) is 9.59 Å². The quantitative estimate of drug-likeness (QED) is 0.111. The highest BCUT2D eigenvalue weighted by Gasteiger charge is 2.51. The number of aromatic amines is 2. The topological polar surface area (TPSA) is 189 Å². The van der Waals surface area contributed by atoms with Crippen molar-refractivity contribution >= 4 is 34.9 Å². The Kier molecular flexibility index (Phi) is 10.7. The predicted molar refractivity (Wildman–Crippen MR) is 231 cm³/mol. The summed E-state index contributed by atoms with van der Waals surface area (Å²) in [4.78, 5) is 72.4. The highest BCUT2D eigenvalue weighted by Crippen LogP contribution is 2.51. The van der Waals surface area contributed by atoms with Crippen LogP contribution in [-0.2, 0) is 19.1 Å². The zero-order chi connectivity index (χ0) is 43.6. The number of aromatic nitrogens is 5. The third-order valence-corrected chi connectivity index (χ3v) is 13.3. The molecular weight excluding hydrogens is 791 g/mol. The Morgan fingerprint density at radius 1 is 0.806 bits per heavy atom. The van der Waals surface area contributed by atoms with Crippen LogP contribution in [0, 0.1) is 17.8 Å². The highest BCUT2D eigenvalue weighted by atomic mass is 16.5. The molecule has 5 aromatic rings. The second kappa shape index (κ2) is 16.2. The molecule has 2 saturated heterocycles. The summed E-state index contributed by atoms with van der Waals surface area (Å²) in [6.45, 7) is 10.3. The standard InChI is InChI=1S/C46H55N9O7/c1-23(2)38(51-45(58)60-6)43(56)53-16-8-9-35(53)41-47-21-32(49-41)26-12-15-34-29(17-26)19-36-31-14-11-27(20-37(31)62-25(5)54(34)36)33-22-48-42(50-33)40-28-10-13-30(18-28)55(40)44(57)39(24(3)4)52-46(59)61-7/h11-12,14-15,17,19-25,28,30,35,38-40H,8-10,13,16,18H2,1-7H3,(H,47,49)(H,48,50)(H,51,58)(H,52,59)/t25?,28-,30+,35-,38-,39-,40-/m0/s1. The van der Waals surface area contributed by atoms with Gasteiger partial charge in [-0.25, -0.2) is 19.6 Å². The molecule has 16 nitrogen and oxygen atoms in total. The maximum Gasteiger partial charge on any atom is 0.407 e. The minimum absolute atomic E-state index is 0.104. The van der Waals surface area contributed by atoms with Gasteiger partial charge in [0, 0.05) is 34.7 Å². The molecule has 3 fully saturated rings. The zero-order valence-electron chi connectivity index (χ0n) is 36.2. The molecule has 1 aliphatic carbocycles. The van der Waals surface area contributed by atoms with Gasteiger partial charge in [-0.3, -0.25) is 9.59 Å². The lowest BCUT2D eigenvalue weighted by Crippen LogP contribution is -2.54. The summed E-state index contributed by atoms with van der Waals surface area (Å²) < 4.78 is 18.4. The van der Waals surface area contributed by atoms with Gasteiger partial charge in [0.1, 0.15) is 29.5 Å². The van der Waals surface area contributed by atoms with Crippen molar-refractivity contribution in [1.29, 1.82) is 0 Å². The minimum atomic E-state index is -0.702. The van der Waals surface area contributed by atoms with Gasteiger partial charge >= 0.3 is 12.2 Å². The molecule has 4 N–H and O–H groups in total. The van der Waals surface area contributed by atoms with Crippen molar-refractivity contribution in [2.24, 2.45) is 17.8 Å². The van der Waals surface area contributed by atoms with Gasteiger partial charge in [-0.05, 0) is 87.1 Å². The first-order valence-corrected chi connectivity index (χ1v) is 21.7. The summed E-state index contributed by atoms with van der Waals surface area (Å²) in [5.41, 5.74) is 6.64. The molecule has 2 bridgehead atoms. The summed E-state index contributed by atoms with van der Waals surface area (Å²) in [5, 5.41) is 6.53. The number of piperidine rings is 1. The Morgan fingerprint density at radius 3 is 2.15 bits per heavy atom. The zero-order valence-corrected chi connectivity index (χ0v) is 36.2. The number of methoxy groups -OCH3 is 2. The second-order valence-electron chi connectivity index (χ2n) is 17.8. The molecule has 0 spiro atoms. The first-order valence-electron chi connectivity index (χ1n) is 21.7. The van der Waals surface area contributed by atoms with Crippen LogP contribution in [0.3, 0.4) is 0 Å². The average molecular weight is 846 g/mol. The number of rotatable bonds is 10. The van der Waals surface area contributed by atoms with E-state index in [0.717, 1.165) is 88.4 Å². The molecule has 7 atom stereocenters. The SMILES string of the molecule is COC(=O)N[C@H](C(=O)N1CCC[C@H]1c1ncc(-c2ccc3c(c2)cc2n3C(C)Oc3cc(-c4cnc([C@@H]5[C@H]6CC[C@H](C6)N5C(=O)[C@@H](NC(=O)OC)C(C)C)[nH]4)ccc3-2)[nH]1)C(C)C. The summed E-state index contributed by atoms with van der Waals surface area (Å²) in [6.07, 6.45) is 6.61. The number of amides is 4. The molecule has 3 aliphatic heterocycles. The predicted octanol–water partition coefficient (Wildman–Crippen LogP) is 7.48. The lowest BCUT2D eigenvalue weighted by atomic mass is 9.95. The number of fused-ring (bicyclic) bond motifs is 7. The molecule has 16 heteroatoms. The van der Waals surface area contributed by atoms with E-state index in [1.807, 2.05) is 62.9 Å². The van der Waals surface area contributed by atoms with Crippen LogP contribution < -0.4 is 15.4 Å². The lowest BCUT2D eigenvalue weighted by Gasteiger charge is -2.37. The van der Waals surface area contributed by atoms with Crippen LogP contribution in [-0.4, -0.2) is 97.2 Å². The Labute approximate surface area is 360 Å². The minimum Gasteiger partial charge on any atom is -0.470 e. The molecule has 6 heterocycles. The van der Waals surface area contributed by atoms with Crippen molar-refractivity contribution < 1.29 is 33.4 Å². The molecule has 326 valence electrons. The molecule has 2 aromatic carbocycles. The number of ether oxygens (including phenoxy) is 3. The molecule has 3 aromatic heterocycles. The largest absolute Gasteiger partial charge is 0.470 e. The van der Waals surface area contributed by atoms with E-state index in [1.165, 1.54) is 14.2 Å². The molecule has 62 heavy (non-hydrogen) atoms. The Hall–Kier alpha value is -6.32. The maximum atomic E-state index is 14.1. The summed E-state index contributed by atoms with van der Waals surface area (Å²) in [6, 6.07) is 13.0. The number of benzene rings is 2. The highest BCUT2D eigenvalue weighted by molar-refractivity contribution is 5.92. The van der Waals surface area contributed by atoms with Crippen molar-refractivity contribution in [2.45, 2.75) is 103 Å². The van der Waals surface area contributed by atoms with Gasteiger partial charge in [-0.1, -0.05) is 39.8 Å². The van der Waals surface area contributed by atoms with Gasteiger partial charge in [-0.2, -0.15) is 0 Å². The van der Waals surface area contributed by atoms with Gasteiger partial charge in [0.15, 0.2) is 6.23 Å². The fourth-order valence-electron chi connectivity index (χ4n) is 10.2. The van der Waals surface area contributed by atoms with Gasteiger partial charge in [-0.15, -0.1) is 0 Å². The second-order valence-corrected chi connectivity index (χ2v) is 17.8. The first kappa shape index (κ1) is 41.1. The first-order chi connectivity index (χ1) is 29.8. The van der Waals surface area contributed by atoms with Crippen LogP contribution >= 0.6 is 0 Å². The third-order valence-electron chi connectivity index (χ3n) is 13.3. The van der Waals surface area contributed by atoms with E-state index < -0.39 is 24.3 Å². The van der Waals surface area contributed by atoms with Crippen LogP contribution in [0.25, 0.3) is 44.7 Å². The molecular formula is C46H55N9O7. The van der Waals surface area contributed by atoms with E-state index in [4.69, 9.17) is 24.2 Å². The van der Waals surface area contributed by atoms with Crippen molar-refractivity contribution in [3.63, 3.8) is 0 Å². The number of carbonyl (C=O) groups excluding carboxylic acids is 4. The van der Waals surface area contributed by atoms with E-state index in [2.05, 4.69) is 61.6 Å². The van der Waals surface area contributed by atoms with Crippen LogP contribution in [0.2, 0.25) is 0 Å². The molecule has 9 rings (SSSR count). The number of H-pyrrole nitrogens is 2. The van der Waals surface area contributed by atoms with Gasteiger partial charge < -0.3 is 49.2 Å². The number of hydrogen-bond donors (Lipinski definition) is 4. The van der Waals surface area contributed by atoms with E-state index in [9.17, 15) is 19.2 Å². The van der Waals surface area contributed by atoms with Crippen LogP contribution in [0.1, 0.15) is 96.7 Å². The normalized spacial score (nSPS) is 22.4. The molecule has 1 unspecified atom stereocenters. The van der Waals surface area contributed by atoms with E-state index in [-0.39, 0.29) is 53.9 Å². The third kappa shape index (κ3) is 7.12. The van der Waals surface area contributed by atoms with E-state index in [1.54, 1.807) is 0 Å². The number of imidazole rings is 2. The number of carbonyl (C=O) groups is 4. The van der Waals surface area contributed by atoms with Gasteiger partial charge in [0.2, 0.25) is 11.8 Å². The molecule has 0 radical (unpaired) electrons. The number of nitrogens with zero attached hydrogens (tertiary/aromatic N) is 5. The number of alkyl carbamates (subject to hydrolysis) is 2. The van der Waals surface area contributed by atoms with E-state index >= 15 is 0 Å².